The highest BCUT2D eigenvalue weighted by Gasteiger charge is 2.40. The second kappa shape index (κ2) is 8.75. The Morgan fingerprint density at radius 3 is 2.52 bits per heavy atom. The number of hydrogen-bond donors (Lipinski definition) is 0. The summed E-state index contributed by atoms with van der Waals surface area (Å²) in [6, 6.07) is 10.2. The third-order valence-electron chi connectivity index (χ3n) is 5.50. The number of aromatic nitrogens is 1. The van der Waals surface area contributed by atoms with Gasteiger partial charge in [0.05, 0.1) is 6.07 Å². The van der Waals surface area contributed by atoms with Gasteiger partial charge >= 0.3 is 5.97 Å². The van der Waals surface area contributed by atoms with Gasteiger partial charge in [0.25, 0.3) is 5.91 Å². The summed E-state index contributed by atoms with van der Waals surface area (Å²) in [6.45, 7) is 3.55. The van der Waals surface area contributed by atoms with Crippen LogP contribution < -0.4 is 0 Å². The maximum absolute atomic E-state index is 12.8. The summed E-state index contributed by atoms with van der Waals surface area (Å²) < 4.78 is 5.37. The van der Waals surface area contributed by atoms with Crippen LogP contribution in [0.5, 0.6) is 0 Å². The topological polar surface area (TPSA) is 83.3 Å². The molecule has 1 atom stereocenters. The lowest BCUT2D eigenvalue weighted by Gasteiger charge is -2.39. The van der Waals surface area contributed by atoms with Crippen molar-refractivity contribution in [1.82, 2.24) is 9.88 Å². The summed E-state index contributed by atoms with van der Waals surface area (Å²) in [5.41, 5.74) is 1.45. The van der Waals surface area contributed by atoms with E-state index in [1.54, 1.807) is 12.4 Å². The highest BCUT2D eigenvalue weighted by Crippen LogP contribution is 2.33. The fraction of sp³-hybridized carbons (Fsp3) is 0.455. The molecule has 152 valence electrons. The van der Waals surface area contributed by atoms with E-state index in [4.69, 9.17) is 4.74 Å². The van der Waals surface area contributed by atoms with Crippen molar-refractivity contribution >= 4 is 23.2 Å². The number of esters is 1. The molecule has 1 unspecified atom stereocenters. The Balaban J connectivity index is 1.66. The largest absolute Gasteiger partial charge is 0.448 e. The van der Waals surface area contributed by atoms with Crippen LogP contribution in [0.2, 0.25) is 0 Å². The van der Waals surface area contributed by atoms with Crippen LogP contribution in [-0.4, -0.2) is 40.5 Å². The normalized spacial score (nSPS) is 16.5. The van der Waals surface area contributed by atoms with Gasteiger partial charge in [0.1, 0.15) is 10.5 Å². The molecule has 1 aliphatic carbocycles. The summed E-state index contributed by atoms with van der Waals surface area (Å²) in [4.78, 5) is 31.1. The van der Waals surface area contributed by atoms with Gasteiger partial charge in [0.15, 0.2) is 11.8 Å². The van der Waals surface area contributed by atoms with Crippen molar-refractivity contribution in [1.29, 1.82) is 5.26 Å². The van der Waals surface area contributed by atoms with Gasteiger partial charge in [-0.3, -0.25) is 4.79 Å². The number of aryl methyl sites for hydroxylation is 1. The van der Waals surface area contributed by atoms with E-state index in [0.29, 0.717) is 12.8 Å². The molecule has 1 amide bonds. The Kier molecular flexibility index (Phi) is 6.33. The van der Waals surface area contributed by atoms with Gasteiger partial charge in [0.2, 0.25) is 0 Å². The minimum Gasteiger partial charge on any atom is -0.448 e. The van der Waals surface area contributed by atoms with Gasteiger partial charge in [-0.1, -0.05) is 49.1 Å². The SMILES string of the molecule is Cc1ccc(-c2nc(C(=O)OC(C)C(=O)N(C)C3(C#N)CCCCC3)cs2)cc1. The number of ether oxygens (including phenoxy) is 1. The molecule has 1 heterocycles. The fourth-order valence-corrected chi connectivity index (χ4v) is 4.41. The molecule has 0 radical (unpaired) electrons. The number of rotatable bonds is 5. The number of carbonyl (C=O) groups is 2. The molecule has 0 bridgehead atoms. The van der Waals surface area contributed by atoms with E-state index in [-0.39, 0.29) is 11.6 Å². The molecule has 2 aromatic rings. The molecule has 1 fully saturated rings. The molecule has 0 spiro atoms. The molecule has 0 saturated heterocycles. The highest BCUT2D eigenvalue weighted by molar-refractivity contribution is 7.13. The molecule has 6 nitrogen and oxygen atoms in total. The summed E-state index contributed by atoms with van der Waals surface area (Å²) in [5, 5.41) is 12.0. The van der Waals surface area contributed by atoms with E-state index in [1.165, 1.54) is 23.2 Å². The van der Waals surface area contributed by atoms with Gasteiger partial charge in [-0.2, -0.15) is 5.26 Å². The van der Waals surface area contributed by atoms with Crippen LogP contribution in [0.1, 0.15) is 55.1 Å². The Morgan fingerprint density at radius 2 is 1.90 bits per heavy atom. The quantitative estimate of drug-likeness (QED) is 0.683. The van der Waals surface area contributed by atoms with Gasteiger partial charge in [-0.15, -0.1) is 11.3 Å². The average molecular weight is 412 g/mol. The Bertz CT molecular complexity index is 924. The minimum atomic E-state index is -0.982. The molecule has 0 N–H and O–H groups in total. The first kappa shape index (κ1) is 21.0. The van der Waals surface area contributed by atoms with Crippen LogP contribution in [0.15, 0.2) is 29.6 Å². The van der Waals surface area contributed by atoms with E-state index >= 15 is 0 Å². The van der Waals surface area contributed by atoms with Crippen molar-refractivity contribution in [3.05, 3.63) is 40.9 Å². The van der Waals surface area contributed by atoms with Crippen LogP contribution in [0, 0.1) is 18.3 Å². The molecule has 7 heteroatoms. The standard InChI is InChI=1S/C22H25N3O3S/c1-15-7-9-17(10-8-15)19-24-18(13-29-19)21(27)28-16(2)20(26)25(3)22(14-23)11-5-4-6-12-22/h7-10,13,16H,4-6,11-12H2,1-3H3. The first-order valence-corrected chi connectivity index (χ1v) is 10.7. The van der Waals surface area contributed by atoms with Crippen LogP contribution in [0.3, 0.4) is 0 Å². The highest BCUT2D eigenvalue weighted by atomic mass is 32.1. The van der Waals surface area contributed by atoms with Gasteiger partial charge in [-0.05, 0) is 26.7 Å². The first-order valence-electron chi connectivity index (χ1n) is 9.79. The first-order chi connectivity index (χ1) is 13.9. The molecule has 1 aromatic carbocycles. The van der Waals surface area contributed by atoms with E-state index in [1.807, 2.05) is 31.2 Å². The number of amides is 1. The lowest BCUT2D eigenvalue weighted by molar-refractivity contribution is -0.143. The molecule has 29 heavy (non-hydrogen) atoms. The van der Waals surface area contributed by atoms with Gasteiger partial charge < -0.3 is 9.64 Å². The Hall–Kier alpha value is -2.72. The third-order valence-corrected chi connectivity index (χ3v) is 6.40. The summed E-state index contributed by atoms with van der Waals surface area (Å²) >= 11 is 1.35. The van der Waals surface area contributed by atoms with E-state index < -0.39 is 17.6 Å². The second-order valence-electron chi connectivity index (χ2n) is 7.55. The lowest BCUT2D eigenvalue weighted by Crippen LogP contribution is -2.53. The summed E-state index contributed by atoms with van der Waals surface area (Å²) in [6.07, 6.45) is 3.23. The Morgan fingerprint density at radius 1 is 1.24 bits per heavy atom. The van der Waals surface area contributed by atoms with Crippen molar-refractivity contribution in [2.45, 2.75) is 57.6 Å². The lowest BCUT2D eigenvalue weighted by atomic mass is 9.81. The minimum absolute atomic E-state index is 0.181. The maximum Gasteiger partial charge on any atom is 0.358 e. The van der Waals surface area contributed by atoms with Crippen molar-refractivity contribution in [3.8, 4) is 16.6 Å². The number of thiazole rings is 1. The molecule has 3 rings (SSSR count). The Labute approximate surface area is 175 Å². The average Bonchev–Trinajstić information content (AvgIpc) is 3.24. The number of carbonyl (C=O) groups excluding carboxylic acids is 2. The number of nitrogens with zero attached hydrogens (tertiary/aromatic N) is 3. The van der Waals surface area contributed by atoms with E-state index in [2.05, 4.69) is 11.1 Å². The second-order valence-corrected chi connectivity index (χ2v) is 8.41. The summed E-state index contributed by atoms with van der Waals surface area (Å²) in [5.74, 6) is -1.00. The predicted molar refractivity (Wildman–Crippen MR) is 111 cm³/mol. The summed E-state index contributed by atoms with van der Waals surface area (Å²) in [7, 11) is 1.62. The van der Waals surface area contributed by atoms with Gasteiger partial charge in [0, 0.05) is 18.0 Å². The van der Waals surface area contributed by atoms with E-state index in [9.17, 15) is 14.9 Å². The molecular weight excluding hydrogens is 386 g/mol. The van der Waals surface area contributed by atoms with Crippen LogP contribution in [-0.2, 0) is 9.53 Å². The number of likely N-dealkylation sites (N-methyl/N-ethyl adjacent to an activating group) is 1. The van der Waals surface area contributed by atoms with Gasteiger partial charge in [-0.25, -0.2) is 9.78 Å². The maximum atomic E-state index is 12.8. The molecule has 0 aliphatic heterocycles. The molecule has 1 saturated carbocycles. The van der Waals surface area contributed by atoms with Crippen molar-refractivity contribution in [2.75, 3.05) is 7.05 Å². The molecular formula is C22H25N3O3S. The monoisotopic (exact) mass is 411 g/mol. The van der Waals surface area contributed by atoms with Crippen molar-refractivity contribution in [3.63, 3.8) is 0 Å². The fourth-order valence-electron chi connectivity index (χ4n) is 3.61. The van der Waals surface area contributed by atoms with Crippen LogP contribution in [0.25, 0.3) is 10.6 Å². The number of benzene rings is 1. The zero-order valence-electron chi connectivity index (χ0n) is 17.0. The zero-order chi connectivity index (χ0) is 21.0. The molecule has 1 aliphatic rings. The molecule has 1 aromatic heterocycles. The van der Waals surface area contributed by atoms with Crippen LogP contribution >= 0.6 is 11.3 Å². The predicted octanol–water partition coefficient (Wildman–Crippen LogP) is 4.35. The number of nitriles is 1. The smallest absolute Gasteiger partial charge is 0.358 e. The van der Waals surface area contributed by atoms with Crippen molar-refractivity contribution in [2.24, 2.45) is 0 Å². The number of hydrogen-bond acceptors (Lipinski definition) is 6. The zero-order valence-corrected chi connectivity index (χ0v) is 17.8. The van der Waals surface area contributed by atoms with Crippen molar-refractivity contribution < 1.29 is 14.3 Å². The van der Waals surface area contributed by atoms with Crippen LogP contribution in [0.4, 0.5) is 0 Å². The third kappa shape index (κ3) is 4.48. The van der Waals surface area contributed by atoms with E-state index in [0.717, 1.165) is 35.4 Å².